The van der Waals surface area contributed by atoms with E-state index in [0.29, 0.717) is 30.7 Å². The van der Waals surface area contributed by atoms with Crippen molar-refractivity contribution < 1.29 is 19.4 Å². The number of likely N-dealkylation sites (tertiary alicyclic amines) is 1. The highest BCUT2D eigenvalue weighted by molar-refractivity contribution is 7.99. The molecule has 0 saturated carbocycles. The van der Waals surface area contributed by atoms with Gasteiger partial charge in [0.1, 0.15) is 11.5 Å². The minimum absolute atomic E-state index is 0.618. The van der Waals surface area contributed by atoms with Gasteiger partial charge in [-0.1, -0.05) is 11.6 Å². The maximum Gasteiger partial charge on any atom is 0.309 e. The van der Waals surface area contributed by atoms with Gasteiger partial charge in [-0.15, -0.1) is 11.8 Å². The molecule has 1 aromatic heterocycles. The molecular weight excluding hydrogens is 508 g/mol. The van der Waals surface area contributed by atoms with Crippen LogP contribution in [-0.2, 0) is 11.2 Å². The molecule has 2 heterocycles. The number of fused-ring (bicyclic) bond motifs is 1. The Morgan fingerprint density at radius 3 is 2.46 bits per heavy atom. The summed E-state index contributed by atoms with van der Waals surface area (Å²) in [6.45, 7) is 2.66. The second-order valence-corrected chi connectivity index (χ2v) is 11.2. The fraction of sp³-hybridized carbons (Fsp3) is 0.448. The predicted molar refractivity (Wildman–Crippen MR) is 150 cm³/mol. The number of rotatable bonds is 12. The Bertz CT molecular complexity index is 1200. The lowest BCUT2D eigenvalue weighted by atomic mass is 9.74. The Hall–Kier alpha value is -2.48. The summed E-state index contributed by atoms with van der Waals surface area (Å²) >= 11 is 8.36. The van der Waals surface area contributed by atoms with Crippen LogP contribution in [0, 0.1) is 5.41 Å². The second-order valence-electron chi connectivity index (χ2n) is 9.63. The Kier molecular flexibility index (Phi) is 9.57. The first kappa shape index (κ1) is 27.6. The first-order valence-electron chi connectivity index (χ1n) is 12.8. The summed E-state index contributed by atoms with van der Waals surface area (Å²) in [5.74, 6) is 2.00. The van der Waals surface area contributed by atoms with Crippen molar-refractivity contribution in [3.05, 3.63) is 59.2 Å². The van der Waals surface area contributed by atoms with Gasteiger partial charge in [0.05, 0.1) is 30.2 Å². The Balaban J connectivity index is 1.27. The first-order chi connectivity index (χ1) is 17.9. The smallest absolute Gasteiger partial charge is 0.309 e. The van der Waals surface area contributed by atoms with Gasteiger partial charge in [-0.05, 0) is 112 Å². The van der Waals surface area contributed by atoms with E-state index in [9.17, 15) is 9.90 Å². The minimum atomic E-state index is -0.672. The summed E-state index contributed by atoms with van der Waals surface area (Å²) in [6, 6.07) is 13.9. The SMILES string of the molecule is COc1ccc(SCCCN2CCC(CCCc3c(Cl)cnc4ccc(OC)cc34)(C(=O)O)CC2)cc1. The molecule has 1 aliphatic heterocycles. The summed E-state index contributed by atoms with van der Waals surface area (Å²) in [7, 11) is 3.32. The van der Waals surface area contributed by atoms with Crippen molar-refractivity contribution in [2.45, 2.75) is 43.4 Å². The van der Waals surface area contributed by atoms with E-state index in [0.717, 1.165) is 66.2 Å². The van der Waals surface area contributed by atoms with E-state index in [4.69, 9.17) is 21.1 Å². The third-order valence-corrected chi connectivity index (χ3v) is 8.85. The Morgan fingerprint density at radius 2 is 1.78 bits per heavy atom. The molecule has 0 amide bonds. The lowest BCUT2D eigenvalue weighted by molar-refractivity contribution is -0.152. The summed E-state index contributed by atoms with van der Waals surface area (Å²) in [4.78, 5) is 20.4. The molecule has 37 heavy (non-hydrogen) atoms. The van der Waals surface area contributed by atoms with Crippen LogP contribution in [0.5, 0.6) is 11.5 Å². The average molecular weight is 543 g/mol. The summed E-state index contributed by atoms with van der Waals surface area (Å²) in [5, 5.41) is 11.7. The highest BCUT2D eigenvalue weighted by Crippen LogP contribution is 2.38. The summed E-state index contributed by atoms with van der Waals surface area (Å²) < 4.78 is 10.6. The number of piperidine rings is 1. The number of nitrogens with zero attached hydrogens (tertiary/aromatic N) is 2. The molecule has 2 aromatic carbocycles. The van der Waals surface area contributed by atoms with Crippen molar-refractivity contribution >= 4 is 40.2 Å². The van der Waals surface area contributed by atoms with Gasteiger partial charge in [0.25, 0.3) is 0 Å². The molecular formula is C29H35ClN2O4S. The molecule has 0 unspecified atom stereocenters. The van der Waals surface area contributed by atoms with Crippen LogP contribution >= 0.6 is 23.4 Å². The third kappa shape index (κ3) is 6.89. The van der Waals surface area contributed by atoms with Crippen LogP contribution in [0.25, 0.3) is 10.9 Å². The zero-order valence-corrected chi connectivity index (χ0v) is 23.1. The second kappa shape index (κ2) is 12.9. The van der Waals surface area contributed by atoms with E-state index in [1.165, 1.54) is 4.90 Å². The summed E-state index contributed by atoms with van der Waals surface area (Å²) in [6.07, 6.45) is 6.26. The van der Waals surface area contributed by atoms with Gasteiger partial charge in [0.15, 0.2) is 0 Å². The zero-order valence-electron chi connectivity index (χ0n) is 21.5. The van der Waals surface area contributed by atoms with Gasteiger partial charge >= 0.3 is 5.97 Å². The highest BCUT2D eigenvalue weighted by Gasteiger charge is 2.40. The van der Waals surface area contributed by atoms with Crippen LogP contribution in [0.2, 0.25) is 5.02 Å². The van der Waals surface area contributed by atoms with Crippen LogP contribution in [-0.4, -0.2) is 60.6 Å². The van der Waals surface area contributed by atoms with Crippen LogP contribution in [0.3, 0.4) is 0 Å². The monoisotopic (exact) mass is 542 g/mol. The van der Waals surface area contributed by atoms with Crippen molar-refractivity contribution in [3.63, 3.8) is 0 Å². The van der Waals surface area contributed by atoms with Gasteiger partial charge in [0.2, 0.25) is 0 Å². The number of carbonyl (C=O) groups is 1. The van der Waals surface area contributed by atoms with E-state index in [1.807, 2.05) is 42.1 Å². The topological polar surface area (TPSA) is 71.9 Å². The third-order valence-electron chi connectivity index (χ3n) is 7.43. The predicted octanol–water partition coefficient (Wildman–Crippen LogP) is 6.58. The number of aliphatic carboxylic acids is 1. The molecule has 0 bridgehead atoms. The molecule has 4 rings (SSSR count). The molecule has 1 aliphatic rings. The molecule has 1 saturated heterocycles. The number of halogens is 1. The van der Waals surface area contributed by atoms with Crippen LogP contribution in [0.1, 0.15) is 37.7 Å². The van der Waals surface area contributed by atoms with Crippen LogP contribution in [0.15, 0.2) is 53.6 Å². The number of hydrogen-bond donors (Lipinski definition) is 1. The lowest BCUT2D eigenvalue weighted by Crippen LogP contribution is -2.44. The van der Waals surface area contributed by atoms with E-state index in [1.54, 1.807) is 20.4 Å². The largest absolute Gasteiger partial charge is 0.497 e. The maximum atomic E-state index is 12.4. The molecule has 0 radical (unpaired) electrons. The minimum Gasteiger partial charge on any atom is -0.497 e. The van der Waals surface area contributed by atoms with E-state index >= 15 is 0 Å². The molecule has 0 atom stereocenters. The van der Waals surface area contributed by atoms with Gasteiger partial charge in [0, 0.05) is 16.5 Å². The Labute approximate surface area is 228 Å². The van der Waals surface area contributed by atoms with Crippen molar-refractivity contribution in [1.82, 2.24) is 9.88 Å². The quantitative estimate of drug-likeness (QED) is 0.205. The van der Waals surface area contributed by atoms with Crippen LogP contribution < -0.4 is 9.47 Å². The molecule has 0 aliphatic carbocycles. The van der Waals surface area contributed by atoms with E-state index in [2.05, 4.69) is 22.0 Å². The number of carboxylic acid groups (broad SMARTS) is 1. The number of benzene rings is 2. The van der Waals surface area contributed by atoms with E-state index in [-0.39, 0.29) is 0 Å². The number of methoxy groups -OCH3 is 2. The lowest BCUT2D eigenvalue weighted by Gasteiger charge is -2.39. The van der Waals surface area contributed by atoms with Crippen molar-refractivity contribution in [1.29, 1.82) is 0 Å². The Morgan fingerprint density at radius 1 is 1.08 bits per heavy atom. The number of ether oxygens (including phenoxy) is 2. The fourth-order valence-corrected chi connectivity index (χ4v) is 6.20. The number of hydrogen-bond acceptors (Lipinski definition) is 6. The van der Waals surface area contributed by atoms with Gasteiger partial charge in [-0.2, -0.15) is 0 Å². The fourth-order valence-electron chi connectivity index (χ4n) is 5.11. The number of pyridine rings is 1. The molecule has 8 heteroatoms. The normalized spacial score (nSPS) is 15.5. The van der Waals surface area contributed by atoms with Crippen molar-refractivity contribution in [2.24, 2.45) is 5.41 Å². The standard InChI is InChI=1S/C29H35ClN2O4S/c1-35-21-6-9-23(10-7-21)37-18-4-15-32-16-13-29(14-17-32,28(33)34)12-3-5-24-25-19-22(36-2)8-11-27(25)31-20-26(24)30/h6-11,19-20H,3-5,12-18H2,1-2H3,(H,33,34). The molecule has 3 aromatic rings. The van der Waals surface area contributed by atoms with Crippen LogP contribution in [0.4, 0.5) is 0 Å². The highest BCUT2D eigenvalue weighted by atomic mass is 35.5. The van der Waals surface area contributed by atoms with Gasteiger partial charge < -0.3 is 19.5 Å². The summed E-state index contributed by atoms with van der Waals surface area (Å²) in [5.41, 5.74) is 1.21. The number of aromatic nitrogens is 1. The maximum absolute atomic E-state index is 12.4. The number of thioether (sulfide) groups is 1. The van der Waals surface area contributed by atoms with Gasteiger partial charge in [-0.3, -0.25) is 9.78 Å². The van der Waals surface area contributed by atoms with Crippen molar-refractivity contribution in [3.8, 4) is 11.5 Å². The molecule has 6 nitrogen and oxygen atoms in total. The zero-order chi connectivity index (χ0) is 26.3. The van der Waals surface area contributed by atoms with E-state index < -0.39 is 11.4 Å². The number of aryl methyl sites for hydroxylation is 1. The van der Waals surface area contributed by atoms with Gasteiger partial charge in [-0.25, -0.2) is 0 Å². The van der Waals surface area contributed by atoms with Crippen molar-refractivity contribution in [2.75, 3.05) is 39.6 Å². The molecule has 198 valence electrons. The number of carboxylic acids is 1. The molecule has 1 N–H and O–H groups in total. The molecule has 1 fully saturated rings. The average Bonchev–Trinajstić information content (AvgIpc) is 2.93. The first-order valence-corrected chi connectivity index (χ1v) is 14.1. The molecule has 0 spiro atoms.